The second kappa shape index (κ2) is 7.60. The summed E-state index contributed by atoms with van der Waals surface area (Å²) in [6.45, 7) is 4.68. The van der Waals surface area contributed by atoms with Gasteiger partial charge in [0.2, 0.25) is 5.91 Å². The number of nitrogens with one attached hydrogen (secondary N) is 1. The van der Waals surface area contributed by atoms with E-state index >= 15 is 0 Å². The summed E-state index contributed by atoms with van der Waals surface area (Å²) in [4.78, 5) is 24.8. The summed E-state index contributed by atoms with van der Waals surface area (Å²) in [6.07, 6.45) is 0. The summed E-state index contributed by atoms with van der Waals surface area (Å²) in [5.74, 6) is 0.882. The van der Waals surface area contributed by atoms with E-state index in [-0.39, 0.29) is 18.4 Å². The Morgan fingerprint density at radius 2 is 2.23 bits per heavy atom. The molecule has 0 aliphatic carbocycles. The Morgan fingerprint density at radius 1 is 1.45 bits per heavy atom. The predicted molar refractivity (Wildman–Crippen MR) is 91.2 cm³/mol. The zero-order valence-corrected chi connectivity index (χ0v) is 14.2. The average molecular weight is 338 g/mol. The largest absolute Gasteiger partial charge is 0.483 e. The minimum Gasteiger partial charge on any atom is -0.483 e. The lowest BCUT2D eigenvalue weighted by Gasteiger charge is -2.15. The highest BCUT2D eigenvalue weighted by Gasteiger charge is 2.25. The lowest BCUT2D eigenvalue weighted by atomic mass is 10.1. The summed E-state index contributed by atoms with van der Waals surface area (Å²) in [5, 5.41) is 2.73. The monoisotopic (exact) mass is 338 g/mol. The SMILES string of the molecule is Cc1cccc(OCC(=O)NCCN2C(=O)CSC2=S)c1C. The lowest BCUT2D eigenvalue weighted by Crippen LogP contribution is -2.38. The van der Waals surface area contributed by atoms with E-state index in [2.05, 4.69) is 5.32 Å². The molecule has 22 heavy (non-hydrogen) atoms. The Balaban J connectivity index is 1.73. The lowest BCUT2D eigenvalue weighted by molar-refractivity contribution is -0.125. The van der Waals surface area contributed by atoms with Crippen molar-refractivity contribution in [3.8, 4) is 5.75 Å². The van der Waals surface area contributed by atoms with Gasteiger partial charge in [-0.2, -0.15) is 0 Å². The van der Waals surface area contributed by atoms with Gasteiger partial charge in [0.1, 0.15) is 10.1 Å². The molecule has 0 unspecified atom stereocenters. The number of aryl methyl sites for hydroxylation is 1. The van der Waals surface area contributed by atoms with Crippen molar-refractivity contribution >= 4 is 40.1 Å². The van der Waals surface area contributed by atoms with Crippen molar-refractivity contribution in [1.82, 2.24) is 10.2 Å². The minimum atomic E-state index is -0.217. The van der Waals surface area contributed by atoms with E-state index < -0.39 is 0 Å². The van der Waals surface area contributed by atoms with Crippen LogP contribution in [0.3, 0.4) is 0 Å². The third-order valence-corrected chi connectivity index (χ3v) is 4.84. The third-order valence-electron chi connectivity index (χ3n) is 3.41. The highest BCUT2D eigenvalue weighted by molar-refractivity contribution is 8.23. The summed E-state index contributed by atoms with van der Waals surface area (Å²) >= 11 is 6.42. The van der Waals surface area contributed by atoms with E-state index in [1.54, 1.807) is 0 Å². The van der Waals surface area contributed by atoms with Crippen LogP contribution in [0.5, 0.6) is 5.75 Å². The molecule has 0 saturated carbocycles. The molecule has 2 rings (SSSR count). The molecule has 1 aliphatic rings. The molecule has 0 spiro atoms. The summed E-state index contributed by atoms with van der Waals surface area (Å²) in [6, 6.07) is 5.73. The molecular weight excluding hydrogens is 320 g/mol. The third kappa shape index (κ3) is 4.20. The van der Waals surface area contributed by atoms with Crippen molar-refractivity contribution in [2.45, 2.75) is 13.8 Å². The molecule has 1 aliphatic heterocycles. The number of hydrogen-bond donors (Lipinski definition) is 1. The molecular formula is C15H18N2O3S2. The van der Waals surface area contributed by atoms with E-state index in [0.29, 0.717) is 28.9 Å². The quantitative estimate of drug-likeness (QED) is 0.800. The van der Waals surface area contributed by atoms with Crippen LogP contribution in [0.1, 0.15) is 11.1 Å². The van der Waals surface area contributed by atoms with Crippen molar-refractivity contribution in [3.63, 3.8) is 0 Å². The van der Waals surface area contributed by atoms with E-state index in [4.69, 9.17) is 17.0 Å². The molecule has 1 N–H and O–H groups in total. The number of hydrogen-bond acceptors (Lipinski definition) is 5. The van der Waals surface area contributed by atoms with Gasteiger partial charge in [-0.15, -0.1) is 0 Å². The molecule has 2 amide bonds. The van der Waals surface area contributed by atoms with Gasteiger partial charge < -0.3 is 10.1 Å². The van der Waals surface area contributed by atoms with Gasteiger partial charge in [0, 0.05) is 13.1 Å². The Labute approximate surface area is 139 Å². The fraction of sp³-hybridized carbons (Fsp3) is 0.400. The number of rotatable bonds is 6. The first-order valence-corrected chi connectivity index (χ1v) is 8.31. The Bertz CT molecular complexity index is 588. The van der Waals surface area contributed by atoms with Crippen molar-refractivity contribution in [2.24, 2.45) is 0 Å². The molecule has 0 bridgehead atoms. The first-order valence-electron chi connectivity index (χ1n) is 6.92. The smallest absolute Gasteiger partial charge is 0.258 e. The number of thioether (sulfide) groups is 1. The van der Waals surface area contributed by atoms with Crippen molar-refractivity contribution < 1.29 is 14.3 Å². The van der Waals surface area contributed by atoms with Gasteiger partial charge >= 0.3 is 0 Å². The normalized spacial score (nSPS) is 14.4. The number of nitrogens with zero attached hydrogens (tertiary/aromatic N) is 1. The number of benzene rings is 1. The summed E-state index contributed by atoms with van der Waals surface area (Å²) in [7, 11) is 0. The van der Waals surface area contributed by atoms with E-state index in [0.717, 1.165) is 11.1 Å². The molecule has 1 aromatic rings. The van der Waals surface area contributed by atoms with Gasteiger partial charge in [-0.3, -0.25) is 14.5 Å². The van der Waals surface area contributed by atoms with Gasteiger partial charge in [0.15, 0.2) is 6.61 Å². The zero-order valence-electron chi connectivity index (χ0n) is 12.5. The number of ether oxygens (including phenoxy) is 1. The Morgan fingerprint density at radius 3 is 2.91 bits per heavy atom. The highest BCUT2D eigenvalue weighted by atomic mass is 32.2. The van der Waals surface area contributed by atoms with Crippen LogP contribution in [-0.4, -0.2) is 46.5 Å². The second-order valence-corrected chi connectivity index (χ2v) is 6.55. The number of thiocarbonyl (C=S) groups is 1. The molecule has 7 heteroatoms. The fourth-order valence-corrected chi connectivity index (χ4v) is 3.10. The first-order chi connectivity index (χ1) is 10.5. The van der Waals surface area contributed by atoms with Crippen LogP contribution in [-0.2, 0) is 9.59 Å². The number of amides is 2. The molecule has 5 nitrogen and oxygen atoms in total. The van der Waals surface area contributed by atoms with E-state index in [9.17, 15) is 9.59 Å². The van der Waals surface area contributed by atoms with E-state index in [1.807, 2.05) is 32.0 Å². The van der Waals surface area contributed by atoms with Gasteiger partial charge in [-0.1, -0.05) is 36.1 Å². The van der Waals surface area contributed by atoms with Crippen molar-refractivity contribution in [2.75, 3.05) is 25.4 Å². The van der Waals surface area contributed by atoms with Crippen LogP contribution in [0.4, 0.5) is 0 Å². The molecule has 1 aromatic carbocycles. The first kappa shape index (κ1) is 16.8. The zero-order chi connectivity index (χ0) is 16.1. The topological polar surface area (TPSA) is 58.6 Å². The van der Waals surface area contributed by atoms with Crippen molar-refractivity contribution in [1.29, 1.82) is 0 Å². The van der Waals surface area contributed by atoms with Crippen LogP contribution in [0.25, 0.3) is 0 Å². The molecule has 0 radical (unpaired) electrons. The fourth-order valence-electron chi connectivity index (χ4n) is 1.98. The van der Waals surface area contributed by atoms with Crippen LogP contribution >= 0.6 is 24.0 Å². The molecule has 0 aromatic heterocycles. The Hall–Kier alpha value is -1.60. The minimum absolute atomic E-state index is 0.00381. The van der Waals surface area contributed by atoms with Crippen LogP contribution in [0.15, 0.2) is 18.2 Å². The standard InChI is InChI=1S/C15H18N2O3S2/c1-10-4-3-5-12(11(10)2)20-8-13(18)16-6-7-17-14(19)9-22-15(17)21/h3-5H,6-9H2,1-2H3,(H,16,18). The van der Waals surface area contributed by atoms with E-state index in [1.165, 1.54) is 16.7 Å². The van der Waals surface area contributed by atoms with Gasteiger partial charge in [0.25, 0.3) is 5.91 Å². The van der Waals surface area contributed by atoms with Gasteiger partial charge in [-0.05, 0) is 31.0 Å². The second-order valence-electron chi connectivity index (χ2n) is 4.94. The molecule has 1 heterocycles. The molecule has 0 atom stereocenters. The maximum atomic E-state index is 11.8. The Kier molecular flexibility index (Phi) is 5.79. The number of carbonyl (C=O) groups excluding carboxylic acids is 2. The predicted octanol–water partition coefficient (Wildman–Crippen LogP) is 1.66. The summed E-state index contributed by atoms with van der Waals surface area (Å²) in [5.41, 5.74) is 2.15. The maximum absolute atomic E-state index is 11.8. The number of carbonyl (C=O) groups is 2. The van der Waals surface area contributed by atoms with Gasteiger partial charge in [0.05, 0.1) is 5.75 Å². The molecule has 1 fully saturated rings. The van der Waals surface area contributed by atoms with Crippen LogP contribution in [0.2, 0.25) is 0 Å². The highest BCUT2D eigenvalue weighted by Crippen LogP contribution is 2.20. The maximum Gasteiger partial charge on any atom is 0.258 e. The molecule has 118 valence electrons. The summed E-state index contributed by atoms with van der Waals surface area (Å²) < 4.78 is 6.10. The van der Waals surface area contributed by atoms with Crippen LogP contribution in [0, 0.1) is 13.8 Å². The van der Waals surface area contributed by atoms with Crippen molar-refractivity contribution in [3.05, 3.63) is 29.3 Å². The molecule has 1 saturated heterocycles. The van der Waals surface area contributed by atoms with Gasteiger partial charge in [-0.25, -0.2) is 0 Å². The van der Waals surface area contributed by atoms with Crippen LogP contribution < -0.4 is 10.1 Å². The average Bonchev–Trinajstić information content (AvgIpc) is 2.80.